The lowest BCUT2D eigenvalue weighted by Crippen LogP contribution is -2.17. The molecule has 0 aromatic rings. The van der Waals surface area contributed by atoms with Gasteiger partial charge in [-0.3, -0.25) is 0 Å². The molecule has 0 bridgehead atoms. The number of hydrogen-bond donors (Lipinski definition) is 0. The minimum atomic E-state index is 0.537. The monoisotopic (exact) mass is 189 g/mol. The van der Waals surface area contributed by atoms with Gasteiger partial charge < -0.3 is 0 Å². The molecule has 1 nitrogen and oxygen atoms in total. The zero-order valence-corrected chi connectivity index (χ0v) is 9.33. The van der Waals surface area contributed by atoms with Crippen molar-refractivity contribution in [3.05, 3.63) is 12.2 Å². The highest BCUT2D eigenvalue weighted by molar-refractivity contribution is 5.17. The molecule has 2 saturated carbocycles. The molecule has 2 rings (SSSR count). The van der Waals surface area contributed by atoms with Crippen LogP contribution in [0.4, 0.5) is 0 Å². The van der Waals surface area contributed by atoms with Crippen molar-refractivity contribution in [2.45, 2.75) is 33.6 Å². The first-order chi connectivity index (χ1) is 6.59. The zero-order chi connectivity index (χ0) is 10.3. The first-order valence-electron chi connectivity index (χ1n) is 5.65. The fraction of sp³-hybridized carbons (Fsp3) is 0.769. The van der Waals surface area contributed by atoms with E-state index in [1.165, 1.54) is 12.8 Å². The Balaban J connectivity index is 2.14. The minimum Gasteiger partial charge on any atom is -0.193 e. The Kier molecular flexibility index (Phi) is 2.18. The maximum atomic E-state index is 8.58. The van der Waals surface area contributed by atoms with E-state index in [1.54, 1.807) is 6.08 Å². The number of fused-ring (bicyclic) bond motifs is 1. The van der Waals surface area contributed by atoms with Gasteiger partial charge in [0, 0.05) is 6.08 Å². The van der Waals surface area contributed by atoms with Crippen molar-refractivity contribution < 1.29 is 0 Å². The number of nitriles is 1. The summed E-state index contributed by atoms with van der Waals surface area (Å²) in [6.07, 6.45) is 6.56. The molecular formula is C13H19N. The van der Waals surface area contributed by atoms with E-state index in [-0.39, 0.29) is 0 Å². The van der Waals surface area contributed by atoms with Gasteiger partial charge in [-0.2, -0.15) is 5.26 Å². The Morgan fingerprint density at radius 1 is 1.36 bits per heavy atom. The Bertz CT molecular complexity index is 295. The molecule has 2 fully saturated rings. The van der Waals surface area contributed by atoms with E-state index in [2.05, 4.69) is 32.9 Å². The van der Waals surface area contributed by atoms with Crippen molar-refractivity contribution in [3.63, 3.8) is 0 Å². The van der Waals surface area contributed by atoms with E-state index in [0.717, 1.165) is 17.8 Å². The predicted octanol–water partition coefficient (Wildman–Crippen LogP) is 3.38. The Labute approximate surface area is 86.8 Å². The maximum Gasteiger partial charge on any atom is 0.0908 e. The number of rotatable bonds is 1. The van der Waals surface area contributed by atoms with Crippen molar-refractivity contribution in [3.8, 4) is 6.07 Å². The molecule has 14 heavy (non-hydrogen) atoms. The normalized spacial score (nSPS) is 44.4. The second-order valence-electron chi connectivity index (χ2n) is 5.57. The van der Waals surface area contributed by atoms with E-state index in [1.807, 2.05) is 0 Å². The molecule has 0 saturated heterocycles. The number of nitrogens with zero attached hydrogens (tertiary/aromatic N) is 1. The molecule has 0 N–H and O–H groups in total. The second kappa shape index (κ2) is 3.12. The summed E-state index contributed by atoms with van der Waals surface area (Å²) in [5.74, 6) is 3.19. The fourth-order valence-electron chi connectivity index (χ4n) is 3.55. The molecule has 0 aliphatic heterocycles. The highest BCUT2D eigenvalue weighted by atomic mass is 14.7. The lowest BCUT2D eigenvalue weighted by Gasteiger charge is -2.25. The molecular weight excluding hydrogens is 170 g/mol. The summed E-state index contributed by atoms with van der Waals surface area (Å²) in [7, 11) is 0. The third kappa shape index (κ3) is 1.29. The minimum absolute atomic E-state index is 0.537. The fourth-order valence-corrected chi connectivity index (χ4v) is 3.55. The van der Waals surface area contributed by atoms with Crippen LogP contribution in [-0.2, 0) is 0 Å². The summed E-state index contributed by atoms with van der Waals surface area (Å²) in [4.78, 5) is 0. The molecule has 0 aromatic carbocycles. The summed E-state index contributed by atoms with van der Waals surface area (Å²) in [6, 6.07) is 2.12. The Hall–Kier alpha value is -0.770. The lowest BCUT2D eigenvalue weighted by molar-refractivity contribution is 0.285. The zero-order valence-electron chi connectivity index (χ0n) is 9.33. The van der Waals surface area contributed by atoms with Crippen LogP contribution in [0.5, 0.6) is 0 Å². The van der Waals surface area contributed by atoms with Gasteiger partial charge in [0.25, 0.3) is 0 Å². The van der Waals surface area contributed by atoms with E-state index >= 15 is 0 Å². The van der Waals surface area contributed by atoms with Crippen LogP contribution < -0.4 is 0 Å². The number of allylic oxidation sites excluding steroid dienone is 2. The van der Waals surface area contributed by atoms with E-state index < -0.39 is 0 Å². The Morgan fingerprint density at radius 3 is 2.71 bits per heavy atom. The topological polar surface area (TPSA) is 23.8 Å². The quantitative estimate of drug-likeness (QED) is 0.580. The molecule has 0 aromatic heterocycles. The predicted molar refractivity (Wildman–Crippen MR) is 57.4 cm³/mol. The van der Waals surface area contributed by atoms with Crippen molar-refractivity contribution in [1.82, 2.24) is 0 Å². The van der Waals surface area contributed by atoms with E-state index in [0.29, 0.717) is 11.3 Å². The van der Waals surface area contributed by atoms with Crippen LogP contribution in [-0.4, -0.2) is 0 Å². The average molecular weight is 189 g/mol. The highest BCUT2D eigenvalue weighted by Crippen LogP contribution is 2.68. The molecule has 2 aliphatic carbocycles. The average Bonchev–Trinajstić information content (AvgIpc) is 2.68. The molecule has 0 amide bonds. The van der Waals surface area contributed by atoms with Gasteiger partial charge in [-0.05, 0) is 41.9 Å². The van der Waals surface area contributed by atoms with Crippen molar-refractivity contribution in [1.29, 1.82) is 5.26 Å². The summed E-state index contributed by atoms with van der Waals surface area (Å²) < 4.78 is 0. The molecule has 4 atom stereocenters. The van der Waals surface area contributed by atoms with Crippen LogP contribution in [0.2, 0.25) is 0 Å². The van der Waals surface area contributed by atoms with Crippen molar-refractivity contribution in [2.75, 3.05) is 0 Å². The smallest absolute Gasteiger partial charge is 0.0908 e. The van der Waals surface area contributed by atoms with Gasteiger partial charge >= 0.3 is 0 Å². The lowest BCUT2D eigenvalue weighted by atomic mass is 9.80. The summed E-state index contributed by atoms with van der Waals surface area (Å²) in [5, 5.41) is 8.58. The summed E-state index contributed by atoms with van der Waals surface area (Å²) in [6.45, 7) is 7.10. The molecule has 0 radical (unpaired) electrons. The van der Waals surface area contributed by atoms with Crippen LogP contribution in [0.15, 0.2) is 12.2 Å². The second-order valence-corrected chi connectivity index (χ2v) is 5.57. The van der Waals surface area contributed by atoms with Gasteiger partial charge in [-0.25, -0.2) is 0 Å². The third-order valence-corrected chi connectivity index (χ3v) is 4.54. The van der Waals surface area contributed by atoms with Crippen LogP contribution >= 0.6 is 0 Å². The van der Waals surface area contributed by atoms with Crippen LogP contribution in [0.1, 0.15) is 33.6 Å². The van der Waals surface area contributed by atoms with Gasteiger partial charge in [0.15, 0.2) is 0 Å². The largest absolute Gasteiger partial charge is 0.193 e. The van der Waals surface area contributed by atoms with Gasteiger partial charge in [0.2, 0.25) is 0 Å². The summed E-state index contributed by atoms with van der Waals surface area (Å²) in [5.41, 5.74) is 0.537. The van der Waals surface area contributed by atoms with Crippen molar-refractivity contribution >= 4 is 0 Å². The molecule has 0 heterocycles. The highest BCUT2D eigenvalue weighted by Gasteiger charge is 2.62. The molecule has 2 aliphatic rings. The van der Waals surface area contributed by atoms with Gasteiger partial charge in [0.05, 0.1) is 6.07 Å². The Morgan fingerprint density at radius 2 is 2.07 bits per heavy atom. The van der Waals surface area contributed by atoms with Gasteiger partial charge in [-0.15, -0.1) is 0 Å². The van der Waals surface area contributed by atoms with Crippen LogP contribution in [0, 0.1) is 40.4 Å². The first kappa shape index (κ1) is 9.77. The SMILES string of the molecule is C[C@H]1CCC2[C@H]([C@@H]1C=CC#N)C2(C)C. The van der Waals surface area contributed by atoms with Crippen molar-refractivity contribution in [2.24, 2.45) is 29.1 Å². The standard InChI is InChI=1S/C13H19N/c1-9-6-7-11-12(13(11,2)3)10(9)5-4-8-14/h4-5,9-12H,6-7H2,1-3H3/t9-,10+,11?,12-/m0/s1. The molecule has 1 heteroatoms. The molecule has 76 valence electrons. The summed E-state index contributed by atoms with van der Waals surface area (Å²) >= 11 is 0. The van der Waals surface area contributed by atoms with E-state index in [9.17, 15) is 0 Å². The van der Waals surface area contributed by atoms with E-state index in [4.69, 9.17) is 5.26 Å². The maximum absolute atomic E-state index is 8.58. The molecule has 1 unspecified atom stereocenters. The van der Waals surface area contributed by atoms with Gasteiger partial charge in [0.1, 0.15) is 0 Å². The van der Waals surface area contributed by atoms with Gasteiger partial charge in [-0.1, -0.05) is 26.8 Å². The first-order valence-corrected chi connectivity index (χ1v) is 5.65. The number of hydrogen-bond acceptors (Lipinski definition) is 1. The van der Waals surface area contributed by atoms with Crippen LogP contribution in [0.25, 0.3) is 0 Å². The molecule has 0 spiro atoms. The third-order valence-electron chi connectivity index (χ3n) is 4.54. The van der Waals surface area contributed by atoms with Crippen LogP contribution in [0.3, 0.4) is 0 Å².